The minimum absolute atomic E-state index is 0.120. The molecule has 0 heterocycles. The minimum Gasteiger partial charge on any atom is -0.466 e. The first-order valence-corrected chi connectivity index (χ1v) is 11.4. The van der Waals surface area contributed by atoms with E-state index in [9.17, 15) is 4.79 Å². The molecule has 0 bridgehead atoms. The summed E-state index contributed by atoms with van der Waals surface area (Å²) in [6.07, 6.45) is 4.69. The molecule has 1 atom stereocenters. The van der Waals surface area contributed by atoms with Crippen molar-refractivity contribution in [3.63, 3.8) is 0 Å². The molecule has 0 amide bonds. The van der Waals surface area contributed by atoms with Crippen LogP contribution in [0.15, 0.2) is 11.6 Å². The van der Waals surface area contributed by atoms with Gasteiger partial charge in [0.1, 0.15) is 0 Å². The molecule has 3 nitrogen and oxygen atoms in total. The van der Waals surface area contributed by atoms with E-state index in [2.05, 4.69) is 41.5 Å². The Morgan fingerprint density at radius 1 is 1.09 bits per heavy atom. The summed E-state index contributed by atoms with van der Waals surface area (Å²) in [5.41, 5.74) is 0.727. The van der Waals surface area contributed by atoms with Gasteiger partial charge in [-0.1, -0.05) is 54.0 Å². The Morgan fingerprint density at radius 2 is 1.64 bits per heavy atom. The van der Waals surface area contributed by atoms with Gasteiger partial charge in [0.05, 0.1) is 18.8 Å². The summed E-state index contributed by atoms with van der Waals surface area (Å²) in [5, 5.41) is 0. The zero-order chi connectivity index (χ0) is 17.2. The van der Waals surface area contributed by atoms with E-state index in [0.717, 1.165) is 43.0 Å². The highest BCUT2D eigenvalue weighted by molar-refractivity contribution is 6.73. The minimum atomic E-state index is -1.76. The molecule has 0 N–H and O–H groups in total. The summed E-state index contributed by atoms with van der Waals surface area (Å²) >= 11 is 0. The predicted molar refractivity (Wildman–Crippen MR) is 96.5 cm³/mol. The Morgan fingerprint density at radius 3 is 2.00 bits per heavy atom. The van der Waals surface area contributed by atoms with Crippen LogP contribution in [-0.4, -0.2) is 27.5 Å². The second-order valence-electron chi connectivity index (χ2n) is 6.42. The fourth-order valence-electron chi connectivity index (χ4n) is 2.73. The van der Waals surface area contributed by atoms with Gasteiger partial charge >= 0.3 is 5.97 Å². The lowest BCUT2D eigenvalue weighted by Crippen LogP contribution is -2.42. The molecule has 0 aliphatic rings. The number of allylic oxidation sites excluding steroid dienone is 1. The molecule has 0 fully saturated rings. The number of carbonyl (C=O) groups excluding carboxylic acids is 1. The summed E-state index contributed by atoms with van der Waals surface area (Å²) < 4.78 is 11.7. The molecule has 0 spiro atoms. The molecule has 0 rings (SSSR count). The van der Waals surface area contributed by atoms with Gasteiger partial charge in [0.25, 0.3) is 0 Å². The van der Waals surface area contributed by atoms with Crippen molar-refractivity contribution >= 4 is 14.3 Å². The summed E-state index contributed by atoms with van der Waals surface area (Å²) in [5.74, 6) is 0.252. The monoisotopic (exact) mass is 328 g/mol. The Kier molecular flexibility index (Phi) is 10.7. The fraction of sp³-hybridized carbons (Fsp3) is 0.833. The molecule has 0 aromatic carbocycles. The molecular weight excluding hydrogens is 292 g/mol. The van der Waals surface area contributed by atoms with Crippen LogP contribution in [0.3, 0.4) is 0 Å². The number of rotatable bonds is 11. The van der Waals surface area contributed by atoms with Crippen molar-refractivity contribution in [1.82, 2.24) is 0 Å². The standard InChI is InChI=1S/C18H36O3Si/c1-8-12-13-16(18(19)20-7)17(14-15(5)6)21-22(9-2,10-3)11-4/h13,15,17H,8-12,14H2,1-7H3/b16-13-. The average molecular weight is 329 g/mol. The highest BCUT2D eigenvalue weighted by Gasteiger charge is 2.35. The van der Waals surface area contributed by atoms with Gasteiger partial charge in [-0.2, -0.15) is 0 Å². The summed E-state index contributed by atoms with van der Waals surface area (Å²) in [4.78, 5) is 12.2. The number of hydrogen-bond donors (Lipinski definition) is 0. The highest BCUT2D eigenvalue weighted by atomic mass is 28.4. The van der Waals surface area contributed by atoms with Gasteiger partial charge < -0.3 is 9.16 Å². The first-order valence-electron chi connectivity index (χ1n) is 8.85. The van der Waals surface area contributed by atoms with Gasteiger partial charge in [-0.3, -0.25) is 0 Å². The molecule has 0 aromatic heterocycles. The van der Waals surface area contributed by atoms with Gasteiger partial charge in [-0.05, 0) is 36.9 Å². The lowest BCUT2D eigenvalue weighted by molar-refractivity contribution is -0.137. The van der Waals surface area contributed by atoms with Crippen molar-refractivity contribution in [2.75, 3.05) is 7.11 Å². The Hall–Kier alpha value is -0.613. The quantitative estimate of drug-likeness (QED) is 0.292. The number of methoxy groups -OCH3 is 1. The van der Waals surface area contributed by atoms with E-state index in [1.54, 1.807) is 0 Å². The summed E-state index contributed by atoms with van der Waals surface area (Å²) in [6, 6.07) is 3.28. The second kappa shape index (κ2) is 11.0. The molecule has 0 saturated carbocycles. The molecule has 0 radical (unpaired) electrons. The van der Waals surface area contributed by atoms with E-state index in [1.807, 2.05) is 6.08 Å². The van der Waals surface area contributed by atoms with E-state index in [1.165, 1.54) is 7.11 Å². The smallest absolute Gasteiger partial charge is 0.336 e. The molecule has 22 heavy (non-hydrogen) atoms. The van der Waals surface area contributed by atoms with E-state index < -0.39 is 8.32 Å². The lowest BCUT2D eigenvalue weighted by atomic mass is 9.98. The molecule has 1 unspecified atom stereocenters. The van der Waals surface area contributed by atoms with Gasteiger partial charge in [0, 0.05) is 0 Å². The van der Waals surface area contributed by atoms with Crippen LogP contribution >= 0.6 is 0 Å². The van der Waals surface area contributed by atoms with Crippen LogP contribution in [0.2, 0.25) is 18.1 Å². The SMILES string of the molecule is CCC/C=C(\C(=O)OC)C(CC(C)C)O[Si](CC)(CC)CC. The van der Waals surface area contributed by atoms with Crippen LogP contribution in [-0.2, 0) is 14.0 Å². The van der Waals surface area contributed by atoms with Gasteiger partial charge in [0.2, 0.25) is 0 Å². The number of ether oxygens (including phenoxy) is 1. The van der Waals surface area contributed by atoms with Crippen LogP contribution < -0.4 is 0 Å². The van der Waals surface area contributed by atoms with Crippen molar-refractivity contribution in [3.8, 4) is 0 Å². The molecule has 0 aromatic rings. The first kappa shape index (κ1) is 21.4. The molecule has 0 saturated heterocycles. The third kappa shape index (κ3) is 6.65. The van der Waals surface area contributed by atoms with Crippen LogP contribution in [0.5, 0.6) is 0 Å². The number of esters is 1. The molecule has 130 valence electrons. The maximum absolute atomic E-state index is 12.2. The molecule has 0 aliphatic heterocycles. The van der Waals surface area contributed by atoms with Crippen LogP contribution in [0.1, 0.15) is 60.8 Å². The van der Waals surface area contributed by atoms with Gasteiger partial charge in [0.15, 0.2) is 8.32 Å². The Bertz CT molecular complexity index is 338. The number of carbonyl (C=O) groups is 1. The predicted octanol–water partition coefficient (Wildman–Crippen LogP) is 5.32. The van der Waals surface area contributed by atoms with E-state index >= 15 is 0 Å². The van der Waals surface area contributed by atoms with Crippen molar-refractivity contribution in [2.45, 2.75) is 85.0 Å². The second-order valence-corrected chi connectivity index (χ2v) is 11.1. The topological polar surface area (TPSA) is 35.5 Å². The van der Waals surface area contributed by atoms with Crippen molar-refractivity contribution in [3.05, 3.63) is 11.6 Å². The van der Waals surface area contributed by atoms with Gasteiger partial charge in [-0.25, -0.2) is 4.79 Å². The highest BCUT2D eigenvalue weighted by Crippen LogP contribution is 2.29. The number of hydrogen-bond acceptors (Lipinski definition) is 3. The Labute approximate surface area is 138 Å². The molecule has 4 heteroatoms. The first-order chi connectivity index (χ1) is 10.4. The largest absolute Gasteiger partial charge is 0.466 e. The maximum Gasteiger partial charge on any atom is 0.336 e. The van der Waals surface area contributed by atoms with Gasteiger partial charge in [-0.15, -0.1) is 0 Å². The lowest BCUT2D eigenvalue weighted by Gasteiger charge is -2.34. The van der Waals surface area contributed by atoms with Crippen molar-refractivity contribution in [2.24, 2.45) is 5.92 Å². The van der Waals surface area contributed by atoms with E-state index in [0.29, 0.717) is 5.92 Å². The third-order valence-electron chi connectivity index (χ3n) is 4.43. The summed E-state index contributed by atoms with van der Waals surface area (Å²) in [7, 11) is -0.299. The Balaban J connectivity index is 5.50. The normalized spacial score (nSPS) is 14.3. The molecule has 0 aliphatic carbocycles. The number of unbranched alkanes of at least 4 members (excludes halogenated alkanes) is 1. The van der Waals surface area contributed by atoms with Crippen LogP contribution in [0, 0.1) is 5.92 Å². The van der Waals surface area contributed by atoms with Crippen molar-refractivity contribution < 1.29 is 14.0 Å². The molecular formula is C18H36O3Si. The zero-order valence-corrected chi connectivity index (χ0v) is 16.7. The fourth-order valence-corrected chi connectivity index (χ4v) is 5.56. The van der Waals surface area contributed by atoms with Crippen LogP contribution in [0.25, 0.3) is 0 Å². The summed E-state index contributed by atoms with van der Waals surface area (Å²) in [6.45, 7) is 13.1. The zero-order valence-electron chi connectivity index (χ0n) is 15.7. The third-order valence-corrected chi connectivity index (χ3v) is 9.08. The average Bonchev–Trinajstić information content (AvgIpc) is 2.51. The van der Waals surface area contributed by atoms with Crippen molar-refractivity contribution in [1.29, 1.82) is 0 Å². The van der Waals surface area contributed by atoms with Crippen LogP contribution in [0.4, 0.5) is 0 Å². The maximum atomic E-state index is 12.2. The van der Waals surface area contributed by atoms with E-state index in [4.69, 9.17) is 9.16 Å². The van der Waals surface area contributed by atoms with E-state index in [-0.39, 0.29) is 12.1 Å².